The first-order valence-electron chi connectivity index (χ1n) is 8.09. The van der Waals surface area contributed by atoms with Gasteiger partial charge in [0.2, 0.25) is 0 Å². The molecule has 1 aliphatic heterocycles. The zero-order chi connectivity index (χ0) is 15.6. The van der Waals surface area contributed by atoms with Crippen molar-refractivity contribution in [3.63, 3.8) is 0 Å². The molecule has 1 aromatic carbocycles. The molecular formula is C17H27N3O2. The molecule has 0 unspecified atom stereocenters. The first kappa shape index (κ1) is 16.8. The molecule has 0 aromatic heterocycles. The van der Waals surface area contributed by atoms with Gasteiger partial charge in [0.25, 0.3) is 0 Å². The molecule has 1 aliphatic rings. The van der Waals surface area contributed by atoms with Crippen LogP contribution >= 0.6 is 0 Å². The lowest BCUT2D eigenvalue weighted by Gasteiger charge is -2.26. The lowest BCUT2D eigenvalue weighted by Crippen LogP contribution is -2.41. The van der Waals surface area contributed by atoms with Gasteiger partial charge in [0, 0.05) is 26.7 Å². The average Bonchev–Trinajstić information content (AvgIpc) is 2.55. The van der Waals surface area contributed by atoms with E-state index in [0.717, 1.165) is 30.8 Å². The molecule has 0 bridgehead atoms. The van der Waals surface area contributed by atoms with Crippen LogP contribution in [0.1, 0.15) is 30.4 Å². The van der Waals surface area contributed by atoms with Crippen molar-refractivity contribution in [1.29, 1.82) is 0 Å². The third-order valence-corrected chi connectivity index (χ3v) is 4.02. The van der Waals surface area contributed by atoms with Crippen LogP contribution < -0.4 is 10.6 Å². The van der Waals surface area contributed by atoms with Crippen LogP contribution in [0.3, 0.4) is 0 Å². The first-order valence-corrected chi connectivity index (χ1v) is 8.09. The number of carbonyl (C=O) groups excluding carboxylic acids is 1. The van der Waals surface area contributed by atoms with Crippen molar-refractivity contribution >= 4 is 6.03 Å². The van der Waals surface area contributed by atoms with Crippen LogP contribution in [0.2, 0.25) is 0 Å². The van der Waals surface area contributed by atoms with E-state index in [-0.39, 0.29) is 6.03 Å². The van der Waals surface area contributed by atoms with Gasteiger partial charge in [-0.1, -0.05) is 30.7 Å². The van der Waals surface area contributed by atoms with Gasteiger partial charge in [-0.2, -0.15) is 0 Å². The zero-order valence-electron chi connectivity index (χ0n) is 13.4. The Bertz CT molecular complexity index is 459. The van der Waals surface area contributed by atoms with Gasteiger partial charge in [-0.05, 0) is 37.1 Å². The Labute approximate surface area is 133 Å². The van der Waals surface area contributed by atoms with E-state index in [1.807, 2.05) is 24.3 Å². The Morgan fingerprint density at radius 3 is 2.59 bits per heavy atom. The molecule has 0 radical (unpaired) electrons. The Morgan fingerprint density at radius 1 is 1.14 bits per heavy atom. The van der Waals surface area contributed by atoms with Crippen LogP contribution in [-0.2, 0) is 17.9 Å². The molecule has 1 aromatic rings. The highest BCUT2D eigenvalue weighted by Gasteiger charge is 2.10. The van der Waals surface area contributed by atoms with Gasteiger partial charge in [0.15, 0.2) is 0 Å². The van der Waals surface area contributed by atoms with Crippen LogP contribution in [0.5, 0.6) is 0 Å². The summed E-state index contributed by atoms with van der Waals surface area (Å²) in [5, 5.41) is 5.84. The Balaban J connectivity index is 1.67. The molecule has 1 heterocycles. The lowest BCUT2D eigenvalue weighted by molar-refractivity contribution is 0.184. The fraction of sp³-hybridized carbons (Fsp3) is 0.588. The number of hydrogen-bond donors (Lipinski definition) is 2. The standard InChI is InChI=1S/C17H27N3O2/c1-22-14-16-8-4-3-7-15(16)13-19-17(21)18-9-12-20-10-5-2-6-11-20/h3-4,7-8H,2,5-6,9-14H2,1H3,(H2,18,19,21). The van der Waals surface area contributed by atoms with E-state index < -0.39 is 0 Å². The summed E-state index contributed by atoms with van der Waals surface area (Å²) in [5.41, 5.74) is 2.20. The van der Waals surface area contributed by atoms with Crippen molar-refractivity contribution in [2.45, 2.75) is 32.4 Å². The Kier molecular flexibility index (Phi) is 7.19. The fourth-order valence-electron chi connectivity index (χ4n) is 2.77. The number of hydrogen-bond acceptors (Lipinski definition) is 3. The van der Waals surface area contributed by atoms with Gasteiger partial charge >= 0.3 is 6.03 Å². The smallest absolute Gasteiger partial charge is 0.315 e. The van der Waals surface area contributed by atoms with Crippen molar-refractivity contribution in [2.75, 3.05) is 33.3 Å². The number of benzene rings is 1. The molecule has 5 heteroatoms. The van der Waals surface area contributed by atoms with Crippen molar-refractivity contribution in [2.24, 2.45) is 0 Å². The highest BCUT2D eigenvalue weighted by atomic mass is 16.5. The van der Waals surface area contributed by atoms with Gasteiger partial charge in [0.05, 0.1) is 6.61 Å². The summed E-state index contributed by atoms with van der Waals surface area (Å²) >= 11 is 0. The van der Waals surface area contributed by atoms with Crippen molar-refractivity contribution < 1.29 is 9.53 Å². The number of ether oxygens (including phenoxy) is 1. The quantitative estimate of drug-likeness (QED) is 0.811. The normalized spacial score (nSPS) is 15.5. The molecule has 0 spiro atoms. The van der Waals surface area contributed by atoms with E-state index in [1.165, 1.54) is 19.3 Å². The number of rotatable bonds is 7. The van der Waals surface area contributed by atoms with Gasteiger partial charge in [-0.15, -0.1) is 0 Å². The Morgan fingerprint density at radius 2 is 1.86 bits per heavy atom. The minimum absolute atomic E-state index is 0.107. The summed E-state index contributed by atoms with van der Waals surface area (Å²) in [4.78, 5) is 14.3. The van der Waals surface area contributed by atoms with E-state index in [1.54, 1.807) is 7.11 Å². The number of methoxy groups -OCH3 is 1. The number of nitrogens with one attached hydrogen (secondary N) is 2. The molecule has 1 saturated heterocycles. The van der Waals surface area contributed by atoms with Crippen LogP contribution in [-0.4, -0.2) is 44.2 Å². The highest BCUT2D eigenvalue weighted by Crippen LogP contribution is 2.09. The van der Waals surface area contributed by atoms with Gasteiger partial charge in [-0.3, -0.25) is 0 Å². The van der Waals surface area contributed by atoms with Crippen molar-refractivity contribution in [1.82, 2.24) is 15.5 Å². The van der Waals surface area contributed by atoms with Crippen molar-refractivity contribution in [3.8, 4) is 0 Å². The molecular weight excluding hydrogens is 278 g/mol. The molecule has 0 aliphatic carbocycles. The zero-order valence-corrected chi connectivity index (χ0v) is 13.4. The maximum absolute atomic E-state index is 11.9. The molecule has 1 fully saturated rings. The molecule has 2 amide bonds. The molecule has 22 heavy (non-hydrogen) atoms. The summed E-state index contributed by atoms with van der Waals surface area (Å²) in [6.07, 6.45) is 3.90. The van der Waals surface area contributed by atoms with Gasteiger partial charge in [-0.25, -0.2) is 4.79 Å². The predicted octanol–water partition coefficient (Wildman–Crippen LogP) is 2.12. The van der Waals surface area contributed by atoms with Crippen molar-refractivity contribution in [3.05, 3.63) is 35.4 Å². The average molecular weight is 305 g/mol. The monoisotopic (exact) mass is 305 g/mol. The molecule has 122 valence electrons. The predicted molar refractivity (Wildman–Crippen MR) is 87.7 cm³/mol. The second-order valence-corrected chi connectivity index (χ2v) is 5.71. The van der Waals surface area contributed by atoms with Crippen LogP contribution in [0, 0.1) is 0 Å². The lowest BCUT2D eigenvalue weighted by atomic mass is 10.1. The highest BCUT2D eigenvalue weighted by molar-refractivity contribution is 5.73. The third-order valence-electron chi connectivity index (χ3n) is 4.02. The van der Waals surface area contributed by atoms with Gasteiger partial charge < -0.3 is 20.3 Å². The molecule has 0 atom stereocenters. The minimum atomic E-state index is -0.107. The van der Waals surface area contributed by atoms with E-state index in [9.17, 15) is 4.79 Å². The topological polar surface area (TPSA) is 53.6 Å². The van der Waals surface area contributed by atoms with E-state index in [0.29, 0.717) is 19.7 Å². The van der Waals surface area contributed by atoms with Gasteiger partial charge in [0.1, 0.15) is 0 Å². The number of carbonyl (C=O) groups is 1. The molecule has 2 rings (SSSR count). The van der Waals surface area contributed by atoms with Crippen LogP contribution in [0.15, 0.2) is 24.3 Å². The number of piperidine rings is 1. The Hall–Kier alpha value is -1.59. The largest absolute Gasteiger partial charge is 0.380 e. The third kappa shape index (κ3) is 5.66. The number of likely N-dealkylation sites (tertiary alicyclic amines) is 1. The summed E-state index contributed by atoms with van der Waals surface area (Å²) in [6.45, 7) is 5.05. The number of nitrogens with zero attached hydrogens (tertiary/aromatic N) is 1. The second-order valence-electron chi connectivity index (χ2n) is 5.71. The SMILES string of the molecule is COCc1ccccc1CNC(=O)NCCN1CCCCC1. The van der Waals surface area contributed by atoms with Crippen LogP contribution in [0.4, 0.5) is 4.79 Å². The van der Waals surface area contributed by atoms with Crippen LogP contribution in [0.25, 0.3) is 0 Å². The second kappa shape index (κ2) is 9.43. The minimum Gasteiger partial charge on any atom is -0.380 e. The molecule has 2 N–H and O–H groups in total. The summed E-state index contributed by atoms with van der Waals surface area (Å²) in [7, 11) is 1.68. The van der Waals surface area contributed by atoms with E-state index in [4.69, 9.17) is 4.74 Å². The summed E-state index contributed by atoms with van der Waals surface area (Å²) in [6, 6.07) is 7.89. The fourth-order valence-corrected chi connectivity index (χ4v) is 2.77. The van der Waals surface area contributed by atoms with E-state index in [2.05, 4.69) is 15.5 Å². The summed E-state index contributed by atoms with van der Waals surface area (Å²) < 4.78 is 5.17. The molecule has 5 nitrogen and oxygen atoms in total. The number of amides is 2. The maximum Gasteiger partial charge on any atom is 0.315 e. The van der Waals surface area contributed by atoms with E-state index >= 15 is 0 Å². The maximum atomic E-state index is 11.9. The summed E-state index contributed by atoms with van der Waals surface area (Å²) in [5.74, 6) is 0. The first-order chi connectivity index (χ1) is 10.8. The number of urea groups is 1. The molecule has 0 saturated carbocycles.